The van der Waals surface area contributed by atoms with Gasteiger partial charge in [-0.2, -0.15) is 0 Å². The van der Waals surface area contributed by atoms with Crippen molar-refractivity contribution in [3.8, 4) is 17.2 Å². The van der Waals surface area contributed by atoms with Gasteiger partial charge in [-0.05, 0) is 169 Å². The Labute approximate surface area is 490 Å². The first-order valence-electron chi connectivity index (χ1n) is 29.3. The molecule has 0 spiro atoms. The molecule has 408 valence electrons. The molecule has 4 aliphatic rings. The minimum atomic E-state index is -0.311. The van der Waals surface area contributed by atoms with Crippen molar-refractivity contribution >= 4 is 97.1 Å². The summed E-state index contributed by atoms with van der Waals surface area (Å²) in [4.78, 5) is 9.93. The van der Waals surface area contributed by atoms with Crippen LogP contribution in [0.15, 0.2) is 198 Å². The lowest BCUT2D eigenvalue weighted by molar-refractivity contribution is 0.455. The fraction of sp³-hybridized carbons (Fsp3) is 0.253. The number of fused-ring (bicyclic) bond motifs is 9. The van der Waals surface area contributed by atoms with Crippen molar-refractivity contribution in [2.75, 3.05) is 14.7 Å². The summed E-state index contributed by atoms with van der Waals surface area (Å²) in [5.74, 6) is 1.76. The summed E-state index contributed by atoms with van der Waals surface area (Å²) in [6.07, 6.45) is 0. The summed E-state index contributed by atoms with van der Waals surface area (Å²) in [5, 5.41) is 1.14. The Morgan fingerprint density at radius 1 is 0.439 bits per heavy atom. The van der Waals surface area contributed by atoms with E-state index in [4.69, 9.17) is 4.74 Å². The van der Waals surface area contributed by atoms with Crippen molar-refractivity contribution in [1.82, 2.24) is 4.57 Å². The maximum Gasteiger partial charge on any atom is 0.273 e. The molecule has 4 bridgehead atoms. The van der Waals surface area contributed by atoms with Gasteiger partial charge in [0.05, 0.1) is 26.7 Å². The van der Waals surface area contributed by atoms with Gasteiger partial charge in [0, 0.05) is 61.9 Å². The van der Waals surface area contributed by atoms with Gasteiger partial charge >= 0.3 is 0 Å². The van der Waals surface area contributed by atoms with E-state index in [1.165, 1.54) is 55.6 Å². The Bertz CT molecular complexity index is 4160. The zero-order valence-corrected chi connectivity index (χ0v) is 50.9. The van der Waals surface area contributed by atoms with Gasteiger partial charge in [0.1, 0.15) is 11.5 Å². The van der Waals surface area contributed by atoms with Crippen molar-refractivity contribution in [1.29, 1.82) is 0 Å². The number of ether oxygens (including phenoxy) is 1. The normalized spacial score (nSPS) is 14.8. The smallest absolute Gasteiger partial charge is 0.273 e. The van der Waals surface area contributed by atoms with E-state index in [1.807, 2.05) is 0 Å². The Kier molecular flexibility index (Phi) is 11.5. The Hall–Kier alpha value is -7.87. The van der Waals surface area contributed by atoms with Crippen LogP contribution in [-0.4, -0.2) is 11.3 Å². The van der Waals surface area contributed by atoms with Gasteiger partial charge in [0.2, 0.25) is 0 Å². The maximum atomic E-state index is 6.99. The van der Waals surface area contributed by atoms with Crippen LogP contribution in [0.5, 0.6) is 11.5 Å². The predicted molar refractivity (Wildman–Crippen MR) is 350 cm³/mol. The molecule has 0 saturated carbocycles. The van der Waals surface area contributed by atoms with Gasteiger partial charge < -0.3 is 24.0 Å². The van der Waals surface area contributed by atoms with Crippen molar-refractivity contribution in [3.05, 3.63) is 221 Å². The quantitative estimate of drug-likeness (QED) is 0.160. The van der Waals surface area contributed by atoms with Crippen LogP contribution in [0.3, 0.4) is 0 Å². The van der Waals surface area contributed by atoms with E-state index >= 15 is 0 Å². The fourth-order valence-corrected chi connectivity index (χ4v) is 14.2. The number of hydrogen-bond donors (Lipinski definition) is 0. The summed E-state index contributed by atoms with van der Waals surface area (Å²) >= 11 is 1.80. The highest BCUT2D eigenvalue weighted by Gasteiger charge is 2.49. The minimum absolute atomic E-state index is 0.0116. The third kappa shape index (κ3) is 8.27. The summed E-state index contributed by atoms with van der Waals surface area (Å²) in [7, 11) is 0. The molecule has 5 heterocycles. The maximum absolute atomic E-state index is 6.99. The van der Waals surface area contributed by atoms with E-state index < -0.39 is 0 Å². The number of para-hydroxylation sites is 1. The van der Waals surface area contributed by atoms with E-state index in [-0.39, 0.29) is 33.8 Å². The van der Waals surface area contributed by atoms with Crippen LogP contribution >= 0.6 is 11.8 Å². The first-order chi connectivity index (χ1) is 38.9. The third-order valence-electron chi connectivity index (χ3n) is 18.1. The molecule has 5 nitrogen and oxygen atoms in total. The molecule has 0 aliphatic carbocycles. The molecule has 0 atom stereocenters. The van der Waals surface area contributed by atoms with Crippen molar-refractivity contribution in [2.24, 2.45) is 0 Å². The monoisotopic (exact) mass is 1090 g/mol. The molecular formula is C75H73BN4OS. The molecule has 14 rings (SSSR count). The molecule has 7 heteroatoms. The van der Waals surface area contributed by atoms with E-state index in [1.54, 1.807) is 11.8 Å². The van der Waals surface area contributed by atoms with Gasteiger partial charge in [-0.1, -0.05) is 194 Å². The summed E-state index contributed by atoms with van der Waals surface area (Å²) in [6.45, 7) is 32.3. The second kappa shape index (κ2) is 18.1. The second-order valence-electron chi connectivity index (χ2n) is 28.0. The van der Waals surface area contributed by atoms with Crippen LogP contribution in [0.4, 0.5) is 51.2 Å². The molecule has 82 heavy (non-hydrogen) atoms. The SMILES string of the molecule is CC(C)(C)c1ccc(N(c2ccc(C(C)(C)C)cc2)c2cc3c4c(c2)N(c2ccc(C(C)(C)C)cc2)c2c5n(c6cc7c(cc26)Oc2ccccc2S7)-c2cccc(c2)C(C)(C)c2ccc(c(c2)B45)N3c2ccc(C(C)(C)C)cc2)cc1. The van der Waals surface area contributed by atoms with Crippen molar-refractivity contribution in [2.45, 2.75) is 134 Å². The van der Waals surface area contributed by atoms with Crippen LogP contribution in [0.25, 0.3) is 16.6 Å². The minimum Gasteiger partial charge on any atom is -0.455 e. The molecule has 10 aromatic rings. The van der Waals surface area contributed by atoms with Crippen LogP contribution < -0.4 is 36.0 Å². The van der Waals surface area contributed by atoms with Gasteiger partial charge in [0.25, 0.3) is 6.71 Å². The lowest BCUT2D eigenvalue weighted by atomic mass is 9.34. The number of rotatable bonds is 5. The molecule has 0 N–H and O–H groups in total. The zero-order chi connectivity index (χ0) is 57.2. The van der Waals surface area contributed by atoms with Crippen LogP contribution in [0, 0.1) is 0 Å². The Balaban J connectivity index is 1.15. The second-order valence-corrected chi connectivity index (χ2v) is 29.1. The van der Waals surface area contributed by atoms with Gasteiger partial charge in [-0.3, -0.25) is 0 Å². The molecular weight excluding hydrogens is 1020 g/mol. The van der Waals surface area contributed by atoms with E-state index in [9.17, 15) is 0 Å². The van der Waals surface area contributed by atoms with Crippen LogP contribution in [-0.2, 0) is 27.1 Å². The molecule has 4 aliphatic heterocycles. The number of benzene rings is 9. The lowest BCUT2D eigenvalue weighted by Gasteiger charge is -2.45. The highest BCUT2D eigenvalue weighted by molar-refractivity contribution is 7.99. The van der Waals surface area contributed by atoms with Crippen LogP contribution in [0.1, 0.15) is 130 Å². The number of aromatic nitrogens is 1. The molecule has 0 fully saturated rings. The molecule has 0 unspecified atom stereocenters. The number of hydrogen-bond acceptors (Lipinski definition) is 5. The molecule has 9 aromatic carbocycles. The highest BCUT2D eigenvalue weighted by atomic mass is 32.2. The average Bonchev–Trinajstić information content (AvgIpc) is 2.44. The van der Waals surface area contributed by atoms with E-state index in [0.29, 0.717) is 0 Å². The predicted octanol–water partition coefficient (Wildman–Crippen LogP) is 19.3. The topological polar surface area (TPSA) is 23.9 Å². The van der Waals surface area contributed by atoms with E-state index in [0.717, 1.165) is 83.4 Å². The molecule has 0 radical (unpaired) electrons. The summed E-state index contributed by atoms with van der Waals surface area (Å²) in [6, 6.07) is 72.5. The zero-order valence-electron chi connectivity index (χ0n) is 50.1. The van der Waals surface area contributed by atoms with Gasteiger partial charge in [-0.25, -0.2) is 0 Å². The largest absolute Gasteiger partial charge is 0.455 e. The average molecular weight is 1090 g/mol. The Morgan fingerprint density at radius 2 is 0.963 bits per heavy atom. The fourth-order valence-electron chi connectivity index (χ4n) is 13.2. The van der Waals surface area contributed by atoms with Crippen molar-refractivity contribution in [3.63, 3.8) is 0 Å². The van der Waals surface area contributed by atoms with Crippen molar-refractivity contribution < 1.29 is 4.74 Å². The lowest BCUT2D eigenvalue weighted by Crippen LogP contribution is -2.63. The molecule has 1 aromatic heterocycles. The van der Waals surface area contributed by atoms with Crippen LogP contribution in [0.2, 0.25) is 0 Å². The van der Waals surface area contributed by atoms with E-state index in [2.05, 4.69) is 304 Å². The number of anilines is 9. The number of nitrogens with zero attached hydrogens (tertiary/aromatic N) is 4. The van der Waals surface area contributed by atoms with Gasteiger partial charge in [-0.15, -0.1) is 0 Å². The first-order valence-corrected chi connectivity index (χ1v) is 30.2. The summed E-state index contributed by atoms with van der Waals surface area (Å²) in [5.41, 5.74) is 23.6. The highest BCUT2D eigenvalue weighted by Crippen LogP contribution is 2.55. The first kappa shape index (κ1) is 52.2. The third-order valence-corrected chi connectivity index (χ3v) is 19.2. The molecule has 0 amide bonds. The molecule has 0 saturated heterocycles. The summed E-state index contributed by atoms with van der Waals surface area (Å²) < 4.78 is 9.61. The Morgan fingerprint density at radius 3 is 1.54 bits per heavy atom. The standard InChI is InChI=1S/C75H73BN4OS/c1-71(2,3)46-22-31-52(32-23-46)77(53-33-24-47(25-34-53)72(4,5)6)57-42-62-68-63(43-57)79(55-37-28-49(29-38-55)74(10,11)12)69-58-44-65-67(82-66-21-16-15-20-64(66)81-65)45-61(58)80-56-19-17-18-50(40-56)75(13,14)51-30-39-60(59(41-51)76(68)70(69)80)78(62)54-35-26-48(27-36-54)73(7,8)9/h15-45H,1-14H3. The van der Waals surface area contributed by atoms with Gasteiger partial charge in [0.15, 0.2) is 0 Å².